The number of hydrogen-bond donors (Lipinski definition) is 1. The highest BCUT2D eigenvalue weighted by Gasteiger charge is 2.14. The largest absolute Gasteiger partial charge is 0.478 e. The van der Waals surface area contributed by atoms with Crippen molar-refractivity contribution in [2.24, 2.45) is 0 Å². The van der Waals surface area contributed by atoms with Crippen LogP contribution in [-0.4, -0.2) is 15.3 Å². The molecule has 0 saturated heterocycles. The van der Waals surface area contributed by atoms with E-state index in [0.717, 1.165) is 6.26 Å². The van der Waals surface area contributed by atoms with E-state index in [4.69, 9.17) is 32.7 Å². The van der Waals surface area contributed by atoms with Crippen LogP contribution in [0.25, 0.3) is 0 Å². The smallest absolute Gasteiger partial charge is 0.338 e. The molecule has 1 unspecified atom stereocenters. The molecule has 0 aliphatic heterocycles. The van der Waals surface area contributed by atoms with Gasteiger partial charge in [-0.15, -0.1) is 0 Å². The van der Waals surface area contributed by atoms with Gasteiger partial charge in [0.1, 0.15) is 12.0 Å². The molecule has 4 nitrogen and oxygen atoms in total. The second-order valence-corrected chi connectivity index (χ2v) is 5.93. The Morgan fingerprint density at radius 2 is 2.05 bits per heavy atom. The van der Waals surface area contributed by atoms with Crippen molar-refractivity contribution in [1.29, 1.82) is 0 Å². The van der Waals surface area contributed by atoms with Gasteiger partial charge in [-0.05, 0) is 24.3 Å². The summed E-state index contributed by atoms with van der Waals surface area (Å²) in [5.41, 5.74) is 0.0178. The Bertz CT molecular complexity index is 651. The van der Waals surface area contributed by atoms with Crippen LogP contribution in [0.15, 0.2) is 39.8 Å². The van der Waals surface area contributed by atoms with E-state index in [1.165, 1.54) is 12.1 Å². The predicted molar refractivity (Wildman–Crippen MR) is 72.2 cm³/mol. The van der Waals surface area contributed by atoms with E-state index >= 15 is 0 Å². The van der Waals surface area contributed by atoms with E-state index in [1.807, 2.05) is 0 Å². The second kappa shape index (κ2) is 5.77. The fourth-order valence-corrected chi connectivity index (χ4v) is 3.15. The highest BCUT2D eigenvalue weighted by molar-refractivity contribution is 7.84. The summed E-state index contributed by atoms with van der Waals surface area (Å²) in [5.74, 6) is -0.749. The van der Waals surface area contributed by atoms with E-state index in [0.29, 0.717) is 20.7 Å². The van der Waals surface area contributed by atoms with Gasteiger partial charge in [-0.2, -0.15) is 0 Å². The molecule has 1 aromatic carbocycles. The number of carboxylic acids is 1. The maximum Gasteiger partial charge on any atom is 0.338 e. The van der Waals surface area contributed by atoms with Crippen LogP contribution in [-0.2, 0) is 16.6 Å². The molecular formula is C12H8Cl2O4S. The molecule has 0 aliphatic rings. The number of halogens is 2. The fourth-order valence-electron chi connectivity index (χ4n) is 1.43. The summed E-state index contributed by atoms with van der Waals surface area (Å²) in [6.07, 6.45) is 1.11. The van der Waals surface area contributed by atoms with Crippen molar-refractivity contribution in [2.45, 2.75) is 10.6 Å². The van der Waals surface area contributed by atoms with Crippen LogP contribution >= 0.6 is 23.2 Å². The molecule has 1 heterocycles. The molecule has 0 bridgehead atoms. The van der Waals surface area contributed by atoms with E-state index in [2.05, 4.69) is 0 Å². The zero-order valence-corrected chi connectivity index (χ0v) is 11.8. The number of aromatic carboxylic acids is 1. The van der Waals surface area contributed by atoms with Gasteiger partial charge in [0, 0.05) is 5.02 Å². The summed E-state index contributed by atoms with van der Waals surface area (Å²) in [7, 11) is -1.46. The Kier molecular flexibility index (Phi) is 4.29. The predicted octanol–water partition coefficient (Wildman–Crippen LogP) is 3.59. The average Bonchev–Trinajstić information content (AvgIpc) is 2.80. The first-order valence-electron chi connectivity index (χ1n) is 5.11. The summed E-state index contributed by atoms with van der Waals surface area (Å²) < 4.78 is 17.2. The van der Waals surface area contributed by atoms with Crippen molar-refractivity contribution < 1.29 is 18.5 Å². The van der Waals surface area contributed by atoms with Crippen LogP contribution in [0.1, 0.15) is 16.1 Å². The molecule has 2 rings (SSSR count). The summed E-state index contributed by atoms with van der Waals surface area (Å²) in [5, 5.41) is 9.52. The van der Waals surface area contributed by atoms with Gasteiger partial charge in [-0.25, -0.2) is 4.79 Å². The molecule has 19 heavy (non-hydrogen) atoms. The lowest BCUT2D eigenvalue weighted by Gasteiger charge is -2.03. The Labute approximate surface area is 121 Å². The van der Waals surface area contributed by atoms with Crippen LogP contribution in [0.4, 0.5) is 0 Å². The number of benzene rings is 1. The third-order valence-corrected chi connectivity index (χ3v) is 4.36. The molecule has 0 saturated carbocycles. The van der Waals surface area contributed by atoms with E-state index in [9.17, 15) is 9.00 Å². The first kappa shape index (κ1) is 14.1. The molecule has 0 amide bonds. The van der Waals surface area contributed by atoms with Gasteiger partial charge in [-0.1, -0.05) is 23.2 Å². The molecule has 2 aromatic rings. The molecule has 7 heteroatoms. The standard InChI is InChI=1S/C12H8Cl2O4S/c13-8-1-2-10(14)11(4-8)19(17)6-9-3-7(5-18-9)12(15)16/h1-5H,6H2,(H,15,16). The normalized spacial score (nSPS) is 12.3. The lowest BCUT2D eigenvalue weighted by molar-refractivity contribution is 0.0696. The number of carbonyl (C=O) groups is 1. The SMILES string of the molecule is O=C(O)c1coc(CS(=O)c2cc(Cl)ccc2Cl)c1. The number of hydrogen-bond acceptors (Lipinski definition) is 3. The van der Waals surface area contributed by atoms with E-state index in [1.54, 1.807) is 12.1 Å². The van der Waals surface area contributed by atoms with Crippen molar-refractivity contribution in [3.8, 4) is 0 Å². The Morgan fingerprint density at radius 1 is 1.32 bits per heavy atom. The molecule has 0 radical (unpaired) electrons. The summed E-state index contributed by atoms with van der Waals surface area (Å²) in [4.78, 5) is 11.1. The van der Waals surface area contributed by atoms with Gasteiger partial charge in [0.05, 0.1) is 32.0 Å². The van der Waals surface area contributed by atoms with Gasteiger partial charge >= 0.3 is 5.97 Å². The number of carboxylic acid groups (broad SMARTS) is 1. The van der Waals surface area contributed by atoms with Crippen LogP contribution in [0, 0.1) is 0 Å². The monoisotopic (exact) mass is 318 g/mol. The summed E-state index contributed by atoms with van der Waals surface area (Å²) >= 11 is 11.8. The quantitative estimate of drug-likeness (QED) is 0.935. The highest BCUT2D eigenvalue weighted by Crippen LogP contribution is 2.25. The first-order valence-corrected chi connectivity index (χ1v) is 7.19. The summed E-state index contributed by atoms with van der Waals surface area (Å²) in [6.45, 7) is 0. The van der Waals surface area contributed by atoms with Gasteiger partial charge in [-0.3, -0.25) is 4.21 Å². The molecule has 0 spiro atoms. The van der Waals surface area contributed by atoms with Crippen molar-refractivity contribution in [3.63, 3.8) is 0 Å². The zero-order chi connectivity index (χ0) is 14.0. The average molecular weight is 319 g/mol. The molecular weight excluding hydrogens is 311 g/mol. The van der Waals surface area contributed by atoms with Gasteiger partial charge in [0.15, 0.2) is 0 Å². The van der Waals surface area contributed by atoms with Crippen LogP contribution in [0.5, 0.6) is 0 Å². The van der Waals surface area contributed by atoms with Crippen LogP contribution in [0.2, 0.25) is 10.0 Å². The second-order valence-electron chi connectivity index (χ2n) is 3.67. The van der Waals surface area contributed by atoms with Gasteiger partial charge in [0.2, 0.25) is 0 Å². The maximum atomic E-state index is 12.1. The van der Waals surface area contributed by atoms with E-state index in [-0.39, 0.29) is 11.3 Å². The van der Waals surface area contributed by atoms with Crippen molar-refractivity contribution in [1.82, 2.24) is 0 Å². The molecule has 0 aliphatic carbocycles. The number of furan rings is 1. The fraction of sp³-hybridized carbons (Fsp3) is 0.0833. The molecule has 1 aromatic heterocycles. The van der Waals surface area contributed by atoms with Gasteiger partial charge in [0.25, 0.3) is 0 Å². The third-order valence-electron chi connectivity index (χ3n) is 2.31. The van der Waals surface area contributed by atoms with E-state index < -0.39 is 16.8 Å². The minimum Gasteiger partial charge on any atom is -0.478 e. The Morgan fingerprint density at radius 3 is 2.68 bits per heavy atom. The topological polar surface area (TPSA) is 67.5 Å². The lowest BCUT2D eigenvalue weighted by Crippen LogP contribution is -1.97. The third kappa shape index (κ3) is 3.37. The van der Waals surface area contributed by atoms with Crippen molar-refractivity contribution in [2.75, 3.05) is 0 Å². The maximum absolute atomic E-state index is 12.1. The Hall–Kier alpha value is -1.30. The van der Waals surface area contributed by atoms with Crippen molar-refractivity contribution in [3.05, 3.63) is 51.9 Å². The first-order chi connectivity index (χ1) is 8.97. The minimum absolute atomic E-state index is 0.0178. The summed E-state index contributed by atoms with van der Waals surface area (Å²) in [6, 6.07) is 6.00. The molecule has 100 valence electrons. The highest BCUT2D eigenvalue weighted by atomic mass is 35.5. The van der Waals surface area contributed by atoms with Crippen LogP contribution < -0.4 is 0 Å². The Balaban J connectivity index is 2.20. The number of rotatable bonds is 4. The molecule has 1 atom stereocenters. The molecule has 1 N–H and O–H groups in total. The molecule has 0 fully saturated rings. The minimum atomic E-state index is -1.46. The van der Waals surface area contributed by atoms with Crippen molar-refractivity contribution >= 4 is 40.0 Å². The van der Waals surface area contributed by atoms with Gasteiger partial charge < -0.3 is 9.52 Å². The zero-order valence-electron chi connectivity index (χ0n) is 9.43. The lowest BCUT2D eigenvalue weighted by atomic mass is 10.3. The van der Waals surface area contributed by atoms with Crippen LogP contribution in [0.3, 0.4) is 0 Å².